The molecule has 138 valence electrons. The van der Waals surface area contributed by atoms with Crippen LogP contribution in [-0.4, -0.2) is 24.5 Å². The summed E-state index contributed by atoms with van der Waals surface area (Å²) in [4.78, 5) is 4.30. The van der Waals surface area contributed by atoms with Crippen LogP contribution in [0.4, 0.5) is 0 Å². The Morgan fingerprint density at radius 1 is 0.920 bits per heavy atom. The first kappa shape index (κ1) is 21.3. The molecular formula is C22H33NO2. The van der Waals surface area contributed by atoms with Crippen LogP contribution in [-0.2, 0) is 15.9 Å². The quantitative estimate of drug-likeness (QED) is 0.189. The molecule has 0 unspecified atom stereocenters. The average Bonchev–Trinajstić information content (AvgIpc) is 2.64. The molecular weight excluding hydrogens is 310 g/mol. The minimum atomic E-state index is -0.0446. The van der Waals surface area contributed by atoms with E-state index in [-0.39, 0.29) is 6.29 Å². The van der Waals surface area contributed by atoms with Gasteiger partial charge in [0.25, 0.3) is 0 Å². The van der Waals surface area contributed by atoms with Gasteiger partial charge in [0.15, 0.2) is 6.29 Å². The van der Waals surface area contributed by atoms with Crippen molar-refractivity contribution in [3.8, 4) is 0 Å². The SMILES string of the molecule is CCOC(CCC/C=C/C=C/CC/C=C/Cc1ccccn1)OCC. The highest BCUT2D eigenvalue weighted by Gasteiger charge is 2.05. The third kappa shape index (κ3) is 12.3. The van der Waals surface area contributed by atoms with Crippen LogP contribution in [0, 0.1) is 0 Å². The summed E-state index contributed by atoms with van der Waals surface area (Å²) in [6, 6.07) is 6.03. The van der Waals surface area contributed by atoms with Crippen LogP contribution in [0.1, 0.15) is 51.6 Å². The smallest absolute Gasteiger partial charge is 0.157 e. The Kier molecular flexibility index (Phi) is 13.5. The molecule has 0 N–H and O–H groups in total. The maximum Gasteiger partial charge on any atom is 0.157 e. The largest absolute Gasteiger partial charge is 0.353 e. The van der Waals surface area contributed by atoms with Crippen LogP contribution in [0.15, 0.2) is 60.9 Å². The van der Waals surface area contributed by atoms with Gasteiger partial charge in [-0.15, -0.1) is 0 Å². The van der Waals surface area contributed by atoms with Crippen molar-refractivity contribution in [3.05, 3.63) is 66.5 Å². The van der Waals surface area contributed by atoms with Gasteiger partial charge in [-0.1, -0.05) is 42.5 Å². The molecule has 0 saturated heterocycles. The summed E-state index contributed by atoms with van der Waals surface area (Å²) in [5.41, 5.74) is 1.12. The van der Waals surface area contributed by atoms with Gasteiger partial charge in [-0.3, -0.25) is 4.98 Å². The number of unbranched alkanes of at least 4 members (excludes halogenated alkanes) is 2. The van der Waals surface area contributed by atoms with E-state index < -0.39 is 0 Å². The number of rotatable bonds is 14. The molecule has 0 aliphatic heterocycles. The Labute approximate surface area is 153 Å². The molecule has 0 aliphatic carbocycles. The molecule has 0 radical (unpaired) electrons. The van der Waals surface area contributed by atoms with E-state index >= 15 is 0 Å². The second kappa shape index (κ2) is 15.8. The lowest BCUT2D eigenvalue weighted by atomic mass is 10.2. The number of ether oxygens (including phenoxy) is 2. The molecule has 0 saturated carbocycles. The molecule has 0 atom stereocenters. The predicted molar refractivity (Wildman–Crippen MR) is 105 cm³/mol. The standard InChI is InChI=1S/C22H33NO2/c1-3-24-22(25-4-2)19-14-12-10-8-6-5-7-9-11-13-17-21-18-15-16-20-23-21/h5-6,8,10-11,13,15-16,18,20,22H,3-4,7,9,12,14,17,19H2,1-2H3/b6-5+,10-8+,13-11+. The second-order valence-corrected chi connectivity index (χ2v) is 5.70. The number of hydrogen-bond donors (Lipinski definition) is 0. The Balaban J connectivity index is 2.02. The van der Waals surface area contributed by atoms with Gasteiger partial charge in [0.1, 0.15) is 0 Å². The molecule has 3 nitrogen and oxygen atoms in total. The van der Waals surface area contributed by atoms with E-state index in [1.807, 2.05) is 32.2 Å². The third-order valence-electron chi connectivity index (χ3n) is 3.62. The van der Waals surface area contributed by atoms with Gasteiger partial charge in [0, 0.05) is 31.5 Å². The summed E-state index contributed by atoms with van der Waals surface area (Å²) in [5.74, 6) is 0. The molecule has 3 heteroatoms. The first-order valence-corrected chi connectivity index (χ1v) is 9.46. The van der Waals surface area contributed by atoms with Crippen molar-refractivity contribution in [1.82, 2.24) is 4.98 Å². The van der Waals surface area contributed by atoms with Gasteiger partial charge in [-0.05, 0) is 58.1 Å². The van der Waals surface area contributed by atoms with Gasteiger partial charge in [0.2, 0.25) is 0 Å². The van der Waals surface area contributed by atoms with Gasteiger partial charge in [-0.25, -0.2) is 0 Å². The summed E-state index contributed by atoms with van der Waals surface area (Å²) in [7, 11) is 0. The van der Waals surface area contributed by atoms with Crippen LogP contribution in [0.2, 0.25) is 0 Å². The van der Waals surface area contributed by atoms with Crippen molar-refractivity contribution in [2.45, 2.75) is 58.7 Å². The zero-order chi connectivity index (χ0) is 18.0. The predicted octanol–water partition coefficient (Wildman–Crippen LogP) is 5.64. The van der Waals surface area contributed by atoms with Gasteiger partial charge < -0.3 is 9.47 Å². The Morgan fingerprint density at radius 2 is 1.64 bits per heavy atom. The maximum atomic E-state index is 5.53. The van der Waals surface area contributed by atoms with Crippen LogP contribution >= 0.6 is 0 Å². The molecule has 1 heterocycles. The molecule has 1 aromatic heterocycles. The van der Waals surface area contributed by atoms with E-state index in [4.69, 9.17) is 9.47 Å². The first-order chi connectivity index (χ1) is 12.4. The van der Waals surface area contributed by atoms with Crippen LogP contribution < -0.4 is 0 Å². The molecule has 1 rings (SSSR count). The highest BCUT2D eigenvalue weighted by atomic mass is 16.7. The zero-order valence-electron chi connectivity index (χ0n) is 15.8. The molecule has 0 amide bonds. The lowest BCUT2D eigenvalue weighted by molar-refractivity contribution is -0.139. The van der Waals surface area contributed by atoms with E-state index in [1.54, 1.807) is 0 Å². The summed E-state index contributed by atoms with van der Waals surface area (Å²) >= 11 is 0. The lowest BCUT2D eigenvalue weighted by Gasteiger charge is -2.15. The fraction of sp³-hybridized carbons (Fsp3) is 0.500. The third-order valence-corrected chi connectivity index (χ3v) is 3.62. The molecule has 0 aliphatic rings. The fourth-order valence-corrected chi connectivity index (χ4v) is 2.37. The number of aromatic nitrogens is 1. The van der Waals surface area contributed by atoms with Crippen molar-refractivity contribution in [3.63, 3.8) is 0 Å². The summed E-state index contributed by atoms with van der Waals surface area (Å²) in [6.07, 6.45) is 21.1. The molecule has 0 fully saturated rings. The first-order valence-electron chi connectivity index (χ1n) is 9.46. The van der Waals surface area contributed by atoms with Gasteiger partial charge >= 0.3 is 0 Å². The van der Waals surface area contributed by atoms with Crippen LogP contribution in [0.5, 0.6) is 0 Å². The number of nitrogens with zero attached hydrogens (tertiary/aromatic N) is 1. The maximum absolute atomic E-state index is 5.53. The highest BCUT2D eigenvalue weighted by molar-refractivity contribution is 5.08. The van der Waals surface area contributed by atoms with Crippen LogP contribution in [0.25, 0.3) is 0 Å². The Morgan fingerprint density at radius 3 is 2.32 bits per heavy atom. The molecule has 25 heavy (non-hydrogen) atoms. The van der Waals surface area contributed by atoms with E-state index in [0.717, 1.165) is 44.2 Å². The number of allylic oxidation sites excluding steroid dienone is 6. The zero-order valence-corrected chi connectivity index (χ0v) is 15.8. The summed E-state index contributed by atoms with van der Waals surface area (Å²) in [6.45, 7) is 5.42. The highest BCUT2D eigenvalue weighted by Crippen LogP contribution is 2.07. The number of pyridine rings is 1. The van der Waals surface area contributed by atoms with E-state index in [9.17, 15) is 0 Å². The Hall–Kier alpha value is -1.71. The van der Waals surface area contributed by atoms with Crippen LogP contribution in [0.3, 0.4) is 0 Å². The summed E-state index contributed by atoms with van der Waals surface area (Å²) in [5, 5.41) is 0. The van der Waals surface area contributed by atoms with Gasteiger partial charge in [-0.2, -0.15) is 0 Å². The normalized spacial score (nSPS) is 12.3. The molecule has 0 spiro atoms. The molecule has 1 aromatic rings. The summed E-state index contributed by atoms with van der Waals surface area (Å²) < 4.78 is 11.1. The Bertz CT molecular complexity index is 488. The van der Waals surface area contributed by atoms with Crippen molar-refractivity contribution >= 4 is 0 Å². The monoisotopic (exact) mass is 343 g/mol. The molecule has 0 aromatic carbocycles. The van der Waals surface area contributed by atoms with Gasteiger partial charge in [0.05, 0.1) is 0 Å². The molecule has 0 bridgehead atoms. The minimum Gasteiger partial charge on any atom is -0.353 e. The van der Waals surface area contributed by atoms with Crippen molar-refractivity contribution in [1.29, 1.82) is 0 Å². The topological polar surface area (TPSA) is 31.4 Å². The van der Waals surface area contributed by atoms with E-state index in [1.165, 1.54) is 0 Å². The minimum absolute atomic E-state index is 0.0446. The number of hydrogen-bond acceptors (Lipinski definition) is 3. The second-order valence-electron chi connectivity index (χ2n) is 5.70. The fourth-order valence-electron chi connectivity index (χ4n) is 2.37. The van der Waals surface area contributed by atoms with Crippen molar-refractivity contribution < 1.29 is 9.47 Å². The van der Waals surface area contributed by atoms with E-state index in [2.05, 4.69) is 47.5 Å². The lowest BCUT2D eigenvalue weighted by Crippen LogP contribution is -2.16. The van der Waals surface area contributed by atoms with Crippen molar-refractivity contribution in [2.24, 2.45) is 0 Å². The van der Waals surface area contributed by atoms with Crippen molar-refractivity contribution in [2.75, 3.05) is 13.2 Å². The van der Waals surface area contributed by atoms with E-state index in [0.29, 0.717) is 13.2 Å². The average molecular weight is 344 g/mol.